The van der Waals surface area contributed by atoms with E-state index in [0.29, 0.717) is 0 Å². The fraction of sp³-hybridized carbons (Fsp3) is 0.182. The second-order valence-electron chi connectivity index (χ2n) is 2.74. The third-order valence-electron chi connectivity index (χ3n) is 1.98. The Labute approximate surface area is 79.0 Å². The Morgan fingerprint density at radius 1 is 1.38 bits per heavy atom. The van der Waals surface area contributed by atoms with Crippen LogP contribution in [0.5, 0.6) is 0 Å². The van der Waals surface area contributed by atoms with Crippen LogP contribution in [-0.2, 0) is 6.42 Å². The predicted molar refractivity (Wildman–Crippen MR) is 57.3 cm³/mol. The van der Waals surface area contributed by atoms with Crippen molar-refractivity contribution in [2.45, 2.75) is 13.3 Å². The minimum atomic E-state index is 0.974. The Morgan fingerprint density at radius 3 is 2.38 bits per heavy atom. The van der Waals surface area contributed by atoms with Crippen LogP contribution in [0.25, 0.3) is 0 Å². The molecule has 0 saturated carbocycles. The molecule has 1 aromatic rings. The van der Waals surface area contributed by atoms with Crippen LogP contribution in [0.15, 0.2) is 37.0 Å². The Kier molecular flexibility index (Phi) is 3.26. The maximum absolute atomic E-state index is 7.13. The number of hydrogen-bond donors (Lipinski definition) is 1. The van der Waals surface area contributed by atoms with Crippen LogP contribution >= 0.6 is 0 Å². The average Bonchev–Trinajstić information content (AvgIpc) is 2.21. The van der Waals surface area contributed by atoms with Crippen molar-refractivity contribution in [3.63, 3.8) is 0 Å². The summed E-state index contributed by atoms with van der Waals surface area (Å²) in [6.07, 6.45) is 3.90. The number of anilines is 1. The first-order valence-electron chi connectivity index (χ1n) is 4.32. The van der Waals surface area contributed by atoms with Crippen LogP contribution in [0.1, 0.15) is 12.5 Å². The molecule has 0 saturated heterocycles. The quantitative estimate of drug-likeness (QED) is 0.551. The highest BCUT2D eigenvalue weighted by Gasteiger charge is 1.97. The lowest BCUT2D eigenvalue weighted by Crippen LogP contribution is -2.11. The first-order valence-corrected chi connectivity index (χ1v) is 4.32. The lowest BCUT2D eigenvalue weighted by atomic mass is 10.1. The number of nitrogens with zero attached hydrogens (tertiary/aromatic N) is 1. The molecule has 1 rings (SSSR count). The zero-order valence-corrected chi connectivity index (χ0v) is 7.83. The molecule has 0 aliphatic carbocycles. The summed E-state index contributed by atoms with van der Waals surface area (Å²) in [6, 6.07) is 8.11. The molecule has 0 heterocycles. The van der Waals surface area contributed by atoms with Gasteiger partial charge in [0.15, 0.2) is 0 Å². The average molecular weight is 174 g/mol. The van der Waals surface area contributed by atoms with Crippen LogP contribution in [0, 0.1) is 5.41 Å². The molecule has 0 amide bonds. The van der Waals surface area contributed by atoms with E-state index in [4.69, 9.17) is 5.41 Å². The van der Waals surface area contributed by atoms with Crippen molar-refractivity contribution >= 4 is 12.0 Å². The molecule has 2 nitrogen and oxygen atoms in total. The zero-order valence-electron chi connectivity index (χ0n) is 7.83. The fourth-order valence-electron chi connectivity index (χ4n) is 1.14. The standard InChI is InChI=1S/C11H14N2/c1-3-10-5-7-11(8-6-10)13(4-2)9-12/h4-9,12H,2-3H2,1H3. The molecular formula is C11H14N2. The van der Waals surface area contributed by atoms with Gasteiger partial charge in [-0.1, -0.05) is 25.6 Å². The van der Waals surface area contributed by atoms with E-state index < -0.39 is 0 Å². The van der Waals surface area contributed by atoms with E-state index in [-0.39, 0.29) is 0 Å². The van der Waals surface area contributed by atoms with Crippen LogP contribution in [0.2, 0.25) is 0 Å². The molecule has 0 bridgehead atoms. The van der Waals surface area contributed by atoms with Gasteiger partial charge in [0.25, 0.3) is 0 Å². The maximum atomic E-state index is 7.13. The van der Waals surface area contributed by atoms with E-state index in [9.17, 15) is 0 Å². The van der Waals surface area contributed by atoms with Gasteiger partial charge in [-0.25, -0.2) is 0 Å². The van der Waals surface area contributed by atoms with Gasteiger partial charge in [-0.3, -0.25) is 5.41 Å². The lowest BCUT2D eigenvalue weighted by Gasteiger charge is -2.13. The molecule has 1 N–H and O–H groups in total. The largest absolute Gasteiger partial charge is 0.309 e. The highest BCUT2D eigenvalue weighted by atomic mass is 15.1. The Balaban J connectivity index is 2.90. The number of rotatable bonds is 4. The first-order chi connectivity index (χ1) is 6.31. The zero-order chi connectivity index (χ0) is 9.68. The molecule has 2 heteroatoms. The molecule has 0 aliphatic heterocycles. The Morgan fingerprint density at radius 2 is 2.00 bits per heavy atom. The molecule has 0 fully saturated rings. The van der Waals surface area contributed by atoms with Crippen molar-refractivity contribution < 1.29 is 0 Å². The van der Waals surface area contributed by atoms with Gasteiger partial charge in [0.05, 0.1) is 6.34 Å². The monoisotopic (exact) mass is 174 g/mol. The molecule has 0 aliphatic rings. The third-order valence-corrected chi connectivity index (χ3v) is 1.98. The predicted octanol–water partition coefficient (Wildman–Crippen LogP) is 2.81. The second kappa shape index (κ2) is 4.45. The highest BCUT2D eigenvalue weighted by Crippen LogP contribution is 2.14. The molecule has 13 heavy (non-hydrogen) atoms. The summed E-state index contributed by atoms with van der Waals surface area (Å²) in [5, 5.41) is 7.13. The van der Waals surface area contributed by atoms with Gasteiger partial charge >= 0.3 is 0 Å². The number of nitrogens with one attached hydrogen (secondary N) is 1. The van der Waals surface area contributed by atoms with Crippen molar-refractivity contribution in [2.75, 3.05) is 4.90 Å². The van der Waals surface area contributed by atoms with E-state index in [0.717, 1.165) is 12.1 Å². The topological polar surface area (TPSA) is 27.1 Å². The van der Waals surface area contributed by atoms with E-state index >= 15 is 0 Å². The van der Waals surface area contributed by atoms with E-state index in [1.54, 1.807) is 11.1 Å². The highest BCUT2D eigenvalue weighted by molar-refractivity contribution is 5.79. The van der Waals surface area contributed by atoms with E-state index in [2.05, 4.69) is 25.6 Å². The second-order valence-corrected chi connectivity index (χ2v) is 2.74. The minimum Gasteiger partial charge on any atom is -0.309 e. The Hall–Kier alpha value is -1.57. The van der Waals surface area contributed by atoms with Crippen molar-refractivity contribution in [2.24, 2.45) is 0 Å². The van der Waals surface area contributed by atoms with Crippen molar-refractivity contribution in [1.82, 2.24) is 0 Å². The number of benzene rings is 1. The smallest absolute Gasteiger partial charge is 0.0902 e. The molecular weight excluding hydrogens is 160 g/mol. The number of hydrogen-bond acceptors (Lipinski definition) is 1. The summed E-state index contributed by atoms with van der Waals surface area (Å²) in [5.41, 5.74) is 2.28. The molecule has 0 unspecified atom stereocenters. The van der Waals surface area contributed by atoms with Gasteiger partial charge in [-0.15, -0.1) is 0 Å². The van der Waals surface area contributed by atoms with Crippen LogP contribution in [0.3, 0.4) is 0 Å². The molecule has 0 aromatic heterocycles. The summed E-state index contributed by atoms with van der Waals surface area (Å²) < 4.78 is 0. The van der Waals surface area contributed by atoms with Gasteiger partial charge < -0.3 is 4.90 Å². The number of aryl methyl sites for hydroxylation is 1. The van der Waals surface area contributed by atoms with Crippen molar-refractivity contribution in [1.29, 1.82) is 5.41 Å². The van der Waals surface area contributed by atoms with Gasteiger partial charge in [0.1, 0.15) is 0 Å². The van der Waals surface area contributed by atoms with Crippen molar-refractivity contribution in [3.05, 3.63) is 42.6 Å². The SMILES string of the molecule is C=CN(C=N)c1ccc(CC)cc1. The van der Waals surface area contributed by atoms with Crippen molar-refractivity contribution in [3.8, 4) is 0 Å². The van der Waals surface area contributed by atoms with E-state index in [1.165, 1.54) is 11.9 Å². The summed E-state index contributed by atoms with van der Waals surface area (Å²) >= 11 is 0. The molecule has 1 aromatic carbocycles. The van der Waals surface area contributed by atoms with Gasteiger partial charge in [0, 0.05) is 11.9 Å². The minimum absolute atomic E-state index is 0.974. The van der Waals surface area contributed by atoms with Crippen LogP contribution in [0.4, 0.5) is 5.69 Å². The molecule has 0 spiro atoms. The summed E-state index contributed by atoms with van der Waals surface area (Å²) in [7, 11) is 0. The van der Waals surface area contributed by atoms with Gasteiger partial charge in [0.2, 0.25) is 0 Å². The molecule has 68 valence electrons. The Bertz CT molecular complexity index is 279. The van der Waals surface area contributed by atoms with E-state index in [1.807, 2.05) is 12.1 Å². The molecule has 0 radical (unpaired) electrons. The first kappa shape index (κ1) is 9.52. The normalized spacial score (nSPS) is 9.31. The third kappa shape index (κ3) is 2.18. The maximum Gasteiger partial charge on any atom is 0.0902 e. The van der Waals surface area contributed by atoms with Crippen LogP contribution in [-0.4, -0.2) is 6.34 Å². The fourth-order valence-corrected chi connectivity index (χ4v) is 1.14. The summed E-state index contributed by atoms with van der Waals surface area (Å²) in [5.74, 6) is 0. The van der Waals surface area contributed by atoms with Crippen LogP contribution < -0.4 is 4.90 Å². The summed E-state index contributed by atoms with van der Waals surface area (Å²) in [6.45, 7) is 5.75. The summed E-state index contributed by atoms with van der Waals surface area (Å²) in [4.78, 5) is 1.67. The lowest BCUT2D eigenvalue weighted by molar-refractivity contribution is 1.14. The van der Waals surface area contributed by atoms with Gasteiger partial charge in [-0.05, 0) is 24.1 Å². The molecule has 0 atom stereocenters. The van der Waals surface area contributed by atoms with Gasteiger partial charge in [-0.2, -0.15) is 0 Å².